The summed E-state index contributed by atoms with van der Waals surface area (Å²) in [7, 11) is 0. The van der Waals surface area contributed by atoms with E-state index in [4.69, 9.17) is 11.6 Å². The standard InChI is InChI=1S/C13H16BrClN2O/c14-11-5-2-6-16-12(11)13(18)17-10-4-1-3-9(7-10)8-15/h2,5-6,9-10H,1,3-4,7-8H2,(H,17,18). The van der Waals surface area contributed by atoms with Crippen LogP contribution in [0.1, 0.15) is 36.2 Å². The fourth-order valence-electron chi connectivity index (χ4n) is 2.37. The second kappa shape index (κ2) is 6.53. The highest BCUT2D eigenvalue weighted by molar-refractivity contribution is 9.10. The highest BCUT2D eigenvalue weighted by Gasteiger charge is 2.23. The number of aromatic nitrogens is 1. The molecule has 0 aromatic carbocycles. The lowest BCUT2D eigenvalue weighted by atomic mass is 9.87. The Bertz CT molecular complexity index is 427. The molecule has 1 aliphatic carbocycles. The van der Waals surface area contributed by atoms with Gasteiger partial charge < -0.3 is 5.32 Å². The van der Waals surface area contributed by atoms with Crippen LogP contribution in [0.4, 0.5) is 0 Å². The molecular weight excluding hydrogens is 316 g/mol. The van der Waals surface area contributed by atoms with Crippen molar-refractivity contribution < 1.29 is 4.79 Å². The summed E-state index contributed by atoms with van der Waals surface area (Å²) in [5.41, 5.74) is 0.450. The van der Waals surface area contributed by atoms with E-state index in [1.54, 1.807) is 12.3 Å². The summed E-state index contributed by atoms with van der Waals surface area (Å²) in [6, 6.07) is 3.85. The second-order valence-corrected chi connectivity index (χ2v) is 5.85. The quantitative estimate of drug-likeness (QED) is 0.863. The Morgan fingerprint density at radius 1 is 1.56 bits per heavy atom. The smallest absolute Gasteiger partial charge is 0.271 e. The molecule has 0 radical (unpaired) electrons. The van der Waals surface area contributed by atoms with Gasteiger partial charge in [0.2, 0.25) is 0 Å². The molecule has 1 heterocycles. The predicted molar refractivity (Wildman–Crippen MR) is 75.9 cm³/mol. The Morgan fingerprint density at radius 2 is 2.39 bits per heavy atom. The zero-order valence-corrected chi connectivity index (χ0v) is 12.4. The van der Waals surface area contributed by atoms with E-state index in [1.165, 1.54) is 6.42 Å². The van der Waals surface area contributed by atoms with E-state index in [9.17, 15) is 4.79 Å². The molecule has 2 unspecified atom stereocenters. The molecule has 98 valence electrons. The maximum atomic E-state index is 12.1. The molecule has 1 amide bonds. The Labute approximate surface area is 120 Å². The molecule has 0 aliphatic heterocycles. The van der Waals surface area contributed by atoms with Gasteiger partial charge in [0.25, 0.3) is 5.91 Å². The van der Waals surface area contributed by atoms with Gasteiger partial charge in [-0.15, -0.1) is 11.6 Å². The Morgan fingerprint density at radius 3 is 3.11 bits per heavy atom. The summed E-state index contributed by atoms with van der Waals surface area (Å²) >= 11 is 9.23. The molecule has 18 heavy (non-hydrogen) atoms. The third-order valence-corrected chi connectivity index (χ3v) is 4.39. The van der Waals surface area contributed by atoms with E-state index in [1.807, 2.05) is 6.07 Å². The number of alkyl halides is 1. The molecule has 3 nitrogen and oxygen atoms in total. The van der Waals surface area contributed by atoms with Crippen LogP contribution in [-0.2, 0) is 0 Å². The van der Waals surface area contributed by atoms with Crippen LogP contribution >= 0.6 is 27.5 Å². The molecule has 1 aromatic heterocycles. The van der Waals surface area contributed by atoms with Crippen molar-refractivity contribution in [1.82, 2.24) is 10.3 Å². The zero-order chi connectivity index (χ0) is 13.0. The van der Waals surface area contributed by atoms with E-state index in [-0.39, 0.29) is 11.9 Å². The van der Waals surface area contributed by atoms with Crippen LogP contribution in [0.5, 0.6) is 0 Å². The summed E-state index contributed by atoms with van der Waals surface area (Å²) < 4.78 is 0.729. The minimum atomic E-state index is -0.109. The molecule has 0 bridgehead atoms. The SMILES string of the molecule is O=C(NC1CCCC(CCl)C1)c1ncccc1Br. The Hall–Kier alpha value is -0.610. The van der Waals surface area contributed by atoms with Gasteiger partial charge in [-0.25, -0.2) is 4.98 Å². The summed E-state index contributed by atoms with van der Waals surface area (Å²) in [6.45, 7) is 0. The number of nitrogens with zero attached hydrogens (tertiary/aromatic N) is 1. The number of carbonyl (C=O) groups excluding carboxylic acids is 1. The summed E-state index contributed by atoms with van der Waals surface area (Å²) in [6.07, 6.45) is 5.93. The molecule has 1 aliphatic rings. The molecule has 0 saturated heterocycles. The lowest BCUT2D eigenvalue weighted by molar-refractivity contribution is 0.0915. The summed E-state index contributed by atoms with van der Waals surface area (Å²) in [5, 5.41) is 3.05. The lowest BCUT2D eigenvalue weighted by Crippen LogP contribution is -2.39. The average molecular weight is 332 g/mol. The average Bonchev–Trinajstić information content (AvgIpc) is 2.39. The summed E-state index contributed by atoms with van der Waals surface area (Å²) in [4.78, 5) is 16.2. The highest BCUT2D eigenvalue weighted by atomic mass is 79.9. The number of pyridine rings is 1. The first kappa shape index (κ1) is 13.8. The Balaban J connectivity index is 1.97. The summed E-state index contributed by atoms with van der Waals surface area (Å²) in [5.74, 6) is 1.10. The largest absolute Gasteiger partial charge is 0.348 e. The third kappa shape index (κ3) is 3.45. The van der Waals surface area contributed by atoms with E-state index >= 15 is 0 Å². The second-order valence-electron chi connectivity index (χ2n) is 4.69. The molecule has 1 saturated carbocycles. The number of halogens is 2. The number of carbonyl (C=O) groups is 1. The molecular formula is C13H16BrClN2O. The molecule has 1 N–H and O–H groups in total. The normalized spacial score (nSPS) is 23.7. The van der Waals surface area contributed by atoms with E-state index in [2.05, 4.69) is 26.2 Å². The van der Waals surface area contributed by atoms with E-state index in [0.717, 1.165) is 23.7 Å². The van der Waals surface area contributed by atoms with Gasteiger partial charge in [-0.05, 0) is 53.2 Å². The molecule has 1 aromatic rings. The van der Waals surface area contributed by atoms with Crippen LogP contribution in [0.25, 0.3) is 0 Å². The lowest BCUT2D eigenvalue weighted by Gasteiger charge is -2.28. The predicted octanol–water partition coefficient (Wildman–Crippen LogP) is 3.37. The van der Waals surface area contributed by atoms with Crippen molar-refractivity contribution in [3.05, 3.63) is 28.5 Å². The minimum Gasteiger partial charge on any atom is -0.348 e. The van der Waals surface area contributed by atoms with Crippen LogP contribution in [0.3, 0.4) is 0 Å². The first-order valence-corrected chi connectivity index (χ1v) is 7.50. The van der Waals surface area contributed by atoms with Gasteiger partial charge in [-0.1, -0.05) is 6.42 Å². The van der Waals surface area contributed by atoms with Crippen molar-refractivity contribution in [3.8, 4) is 0 Å². The molecule has 1 fully saturated rings. The highest BCUT2D eigenvalue weighted by Crippen LogP contribution is 2.25. The van der Waals surface area contributed by atoms with Gasteiger partial charge >= 0.3 is 0 Å². The number of amides is 1. The first-order chi connectivity index (χ1) is 8.70. The number of hydrogen-bond donors (Lipinski definition) is 1. The van der Waals surface area contributed by atoms with Crippen LogP contribution in [0.2, 0.25) is 0 Å². The number of hydrogen-bond acceptors (Lipinski definition) is 2. The topological polar surface area (TPSA) is 42.0 Å². The van der Waals surface area contributed by atoms with Crippen LogP contribution in [0, 0.1) is 5.92 Å². The van der Waals surface area contributed by atoms with Gasteiger partial charge in [0.1, 0.15) is 5.69 Å². The van der Waals surface area contributed by atoms with E-state index in [0.29, 0.717) is 17.5 Å². The van der Waals surface area contributed by atoms with Crippen molar-refractivity contribution in [2.24, 2.45) is 5.92 Å². The Kier molecular flexibility index (Phi) is 5.01. The molecule has 2 rings (SSSR count). The van der Waals surface area contributed by atoms with Crippen molar-refractivity contribution in [3.63, 3.8) is 0 Å². The molecule has 5 heteroatoms. The van der Waals surface area contributed by atoms with Crippen LogP contribution in [-0.4, -0.2) is 22.8 Å². The monoisotopic (exact) mass is 330 g/mol. The van der Waals surface area contributed by atoms with E-state index < -0.39 is 0 Å². The van der Waals surface area contributed by atoms with Crippen molar-refractivity contribution in [2.75, 3.05) is 5.88 Å². The van der Waals surface area contributed by atoms with Gasteiger partial charge in [-0.2, -0.15) is 0 Å². The van der Waals surface area contributed by atoms with Crippen molar-refractivity contribution >= 4 is 33.4 Å². The van der Waals surface area contributed by atoms with Crippen molar-refractivity contribution in [1.29, 1.82) is 0 Å². The minimum absolute atomic E-state index is 0.109. The zero-order valence-electron chi connectivity index (χ0n) is 10.0. The fourth-order valence-corrected chi connectivity index (χ4v) is 3.08. The molecule has 0 spiro atoms. The maximum Gasteiger partial charge on any atom is 0.271 e. The van der Waals surface area contributed by atoms with Gasteiger partial charge in [0.05, 0.1) is 0 Å². The maximum absolute atomic E-state index is 12.1. The van der Waals surface area contributed by atoms with Gasteiger partial charge in [-0.3, -0.25) is 4.79 Å². The van der Waals surface area contributed by atoms with Gasteiger partial charge in [0, 0.05) is 22.6 Å². The third-order valence-electron chi connectivity index (χ3n) is 3.31. The van der Waals surface area contributed by atoms with Crippen LogP contribution < -0.4 is 5.32 Å². The van der Waals surface area contributed by atoms with Gasteiger partial charge in [0.15, 0.2) is 0 Å². The first-order valence-electron chi connectivity index (χ1n) is 6.18. The van der Waals surface area contributed by atoms with Crippen molar-refractivity contribution in [2.45, 2.75) is 31.7 Å². The molecule has 2 atom stereocenters. The number of rotatable bonds is 3. The van der Waals surface area contributed by atoms with Crippen LogP contribution in [0.15, 0.2) is 22.8 Å². The number of nitrogens with one attached hydrogen (secondary N) is 1. The fraction of sp³-hybridized carbons (Fsp3) is 0.538.